The summed E-state index contributed by atoms with van der Waals surface area (Å²) in [4.78, 5) is 23.7. The lowest BCUT2D eigenvalue weighted by molar-refractivity contribution is -0.136. The maximum atomic E-state index is 11.9. The Morgan fingerprint density at radius 2 is 1.68 bits per heavy atom. The normalized spacial score (nSPS) is 24.5. The van der Waals surface area contributed by atoms with Crippen molar-refractivity contribution in [2.75, 3.05) is 0 Å². The average molecular weight is 262 g/mol. The third-order valence-electron chi connectivity index (χ3n) is 3.67. The summed E-state index contributed by atoms with van der Waals surface area (Å²) in [6.07, 6.45) is 8.09. The standard InChI is InChI=1S/C17H26O2/c1-12(2)6-5-7-13(3)8-9-15-16(18)10-14(4)11-17(15)19/h6,8,14-15H,5,7,9-11H2,1-4H3/b13-8+. The molecule has 0 aromatic heterocycles. The largest absolute Gasteiger partial charge is 0.299 e. The number of Topliss-reactive ketones (excluding diaryl/α,β-unsaturated/α-hetero) is 2. The van der Waals surface area contributed by atoms with Crippen LogP contribution in [0.15, 0.2) is 23.3 Å². The van der Waals surface area contributed by atoms with E-state index in [1.54, 1.807) is 0 Å². The van der Waals surface area contributed by atoms with Crippen LogP contribution in [0.2, 0.25) is 0 Å². The van der Waals surface area contributed by atoms with E-state index in [-0.39, 0.29) is 23.4 Å². The molecule has 0 heterocycles. The van der Waals surface area contributed by atoms with Crippen molar-refractivity contribution in [1.29, 1.82) is 0 Å². The zero-order valence-electron chi connectivity index (χ0n) is 12.7. The Balaban J connectivity index is 2.48. The van der Waals surface area contributed by atoms with E-state index in [1.807, 2.05) is 6.92 Å². The molecule has 1 aliphatic rings. The Kier molecular flexibility index (Phi) is 6.20. The average Bonchev–Trinajstić information content (AvgIpc) is 2.26. The summed E-state index contributed by atoms with van der Waals surface area (Å²) in [5, 5.41) is 0. The molecule has 0 aromatic rings. The maximum absolute atomic E-state index is 11.9. The zero-order chi connectivity index (χ0) is 14.4. The second kappa shape index (κ2) is 7.42. The molecule has 0 saturated heterocycles. The third kappa shape index (κ3) is 5.54. The smallest absolute Gasteiger partial charge is 0.143 e. The molecule has 0 spiro atoms. The fourth-order valence-corrected chi connectivity index (χ4v) is 2.50. The SMILES string of the molecule is CC(C)=CCC/C(C)=C/CC1C(=O)CC(C)CC1=O. The van der Waals surface area contributed by atoms with Gasteiger partial charge < -0.3 is 0 Å². The number of ketones is 2. The molecular weight excluding hydrogens is 236 g/mol. The summed E-state index contributed by atoms with van der Waals surface area (Å²) in [6.45, 7) is 8.25. The van der Waals surface area contributed by atoms with Gasteiger partial charge in [-0.3, -0.25) is 9.59 Å². The fourth-order valence-electron chi connectivity index (χ4n) is 2.50. The topological polar surface area (TPSA) is 34.1 Å². The summed E-state index contributed by atoms with van der Waals surface area (Å²) in [7, 11) is 0. The summed E-state index contributed by atoms with van der Waals surface area (Å²) in [5.41, 5.74) is 2.61. The predicted molar refractivity (Wildman–Crippen MR) is 78.9 cm³/mol. The van der Waals surface area contributed by atoms with Gasteiger partial charge in [0.25, 0.3) is 0 Å². The maximum Gasteiger partial charge on any atom is 0.143 e. The van der Waals surface area contributed by atoms with Gasteiger partial charge in [0.1, 0.15) is 11.6 Å². The molecule has 0 amide bonds. The van der Waals surface area contributed by atoms with Gasteiger partial charge in [0, 0.05) is 12.8 Å². The molecule has 2 nitrogen and oxygen atoms in total. The molecule has 1 saturated carbocycles. The first kappa shape index (κ1) is 15.9. The van der Waals surface area contributed by atoms with Crippen molar-refractivity contribution >= 4 is 11.6 Å². The monoisotopic (exact) mass is 262 g/mol. The molecule has 2 heteroatoms. The van der Waals surface area contributed by atoms with Crippen molar-refractivity contribution in [2.45, 2.75) is 59.8 Å². The second-order valence-electron chi connectivity index (χ2n) is 6.10. The van der Waals surface area contributed by atoms with Crippen molar-refractivity contribution in [1.82, 2.24) is 0 Å². The molecule has 0 atom stereocenters. The Labute approximate surface area is 117 Å². The van der Waals surface area contributed by atoms with Gasteiger partial charge in [-0.05, 0) is 46.0 Å². The second-order valence-corrected chi connectivity index (χ2v) is 6.10. The van der Waals surface area contributed by atoms with Crippen molar-refractivity contribution in [3.8, 4) is 0 Å². The van der Waals surface area contributed by atoms with Crippen LogP contribution in [0.1, 0.15) is 59.8 Å². The summed E-state index contributed by atoms with van der Waals surface area (Å²) in [5.74, 6) is 0.141. The minimum atomic E-state index is -0.366. The number of allylic oxidation sites excluding steroid dienone is 4. The number of carbonyl (C=O) groups is 2. The van der Waals surface area contributed by atoms with Gasteiger partial charge in [0.05, 0.1) is 5.92 Å². The molecule has 106 valence electrons. The summed E-state index contributed by atoms with van der Waals surface area (Å²) < 4.78 is 0. The van der Waals surface area contributed by atoms with Crippen LogP contribution < -0.4 is 0 Å². The minimum Gasteiger partial charge on any atom is -0.299 e. The van der Waals surface area contributed by atoms with Crippen LogP contribution in [0.4, 0.5) is 0 Å². The first-order valence-corrected chi connectivity index (χ1v) is 7.24. The van der Waals surface area contributed by atoms with Crippen LogP contribution >= 0.6 is 0 Å². The Morgan fingerprint density at radius 3 is 2.21 bits per heavy atom. The van der Waals surface area contributed by atoms with Gasteiger partial charge in [0.15, 0.2) is 0 Å². The molecule has 0 radical (unpaired) electrons. The number of rotatable bonds is 5. The van der Waals surface area contributed by atoms with E-state index < -0.39 is 0 Å². The molecule has 0 unspecified atom stereocenters. The van der Waals surface area contributed by atoms with E-state index in [2.05, 4.69) is 32.9 Å². The van der Waals surface area contributed by atoms with E-state index in [0.717, 1.165) is 12.8 Å². The predicted octanol–water partition coefficient (Wildman–Crippen LogP) is 4.25. The first-order valence-electron chi connectivity index (χ1n) is 7.24. The van der Waals surface area contributed by atoms with Crippen LogP contribution in [-0.2, 0) is 9.59 Å². The molecule has 1 aliphatic carbocycles. The summed E-state index contributed by atoms with van der Waals surface area (Å²) in [6, 6.07) is 0. The van der Waals surface area contributed by atoms with Crippen molar-refractivity contribution in [3.05, 3.63) is 23.3 Å². The van der Waals surface area contributed by atoms with Crippen LogP contribution in [0.25, 0.3) is 0 Å². The van der Waals surface area contributed by atoms with Gasteiger partial charge in [-0.15, -0.1) is 0 Å². The van der Waals surface area contributed by atoms with Crippen LogP contribution in [0.5, 0.6) is 0 Å². The van der Waals surface area contributed by atoms with E-state index >= 15 is 0 Å². The van der Waals surface area contributed by atoms with E-state index in [1.165, 1.54) is 11.1 Å². The number of carbonyl (C=O) groups excluding carboxylic acids is 2. The van der Waals surface area contributed by atoms with Gasteiger partial charge in [-0.2, -0.15) is 0 Å². The van der Waals surface area contributed by atoms with E-state index in [4.69, 9.17) is 0 Å². The number of hydrogen-bond donors (Lipinski definition) is 0. The summed E-state index contributed by atoms with van der Waals surface area (Å²) >= 11 is 0. The van der Waals surface area contributed by atoms with Gasteiger partial charge in [-0.25, -0.2) is 0 Å². The van der Waals surface area contributed by atoms with Crippen LogP contribution in [0.3, 0.4) is 0 Å². The molecule has 0 aromatic carbocycles. The fraction of sp³-hybridized carbons (Fsp3) is 0.647. The van der Waals surface area contributed by atoms with Gasteiger partial charge >= 0.3 is 0 Å². The van der Waals surface area contributed by atoms with Gasteiger partial charge in [0.2, 0.25) is 0 Å². The van der Waals surface area contributed by atoms with E-state index in [9.17, 15) is 9.59 Å². The van der Waals surface area contributed by atoms with Crippen LogP contribution in [0, 0.1) is 11.8 Å². The lowest BCUT2D eigenvalue weighted by atomic mass is 9.79. The Bertz CT molecular complexity index is 379. The zero-order valence-corrected chi connectivity index (χ0v) is 12.7. The van der Waals surface area contributed by atoms with E-state index in [0.29, 0.717) is 19.3 Å². The van der Waals surface area contributed by atoms with Gasteiger partial charge in [-0.1, -0.05) is 30.2 Å². The molecule has 0 bridgehead atoms. The molecule has 1 fully saturated rings. The first-order chi connectivity index (χ1) is 8.90. The lowest BCUT2D eigenvalue weighted by Gasteiger charge is -2.23. The quantitative estimate of drug-likeness (QED) is 0.548. The highest BCUT2D eigenvalue weighted by Gasteiger charge is 2.32. The van der Waals surface area contributed by atoms with Crippen molar-refractivity contribution in [3.63, 3.8) is 0 Å². The minimum absolute atomic E-state index is 0.136. The van der Waals surface area contributed by atoms with Crippen molar-refractivity contribution in [2.24, 2.45) is 11.8 Å². The lowest BCUT2D eigenvalue weighted by Crippen LogP contribution is -2.32. The van der Waals surface area contributed by atoms with Crippen molar-refractivity contribution < 1.29 is 9.59 Å². The third-order valence-corrected chi connectivity index (χ3v) is 3.67. The highest BCUT2D eigenvalue weighted by atomic mass is 16.2. The molecule has 1 rings (SSSR count). The molecular formula is C17H26O2. The Hall–Kier alpha value is -1.18. The Morgan fingerprint density at radius 1 is 1.11 bits per heavy atom. The van der Waals surface area contributed by atoms with Crippen LogP contribution in [-0.4, -0.2) is 11.6 Å². The molecule has 0 aliphatic heterocycles. The highest BCUT2D eigenvalue weighted by Crippen LogP contribution is 2.25. The highest BCUT2D eigenvalue weighted by molar-refractivity contribution is 6.04. The number of hydrogen-bond acceptors (Lipinski definition) is 2. The molecule has 0 N–H and O–H groups in total. The molecule has 19 heavy (non-hydrogen) atoms.